The molecule has 2 rings (SSSR count). The number of allylic oxidation sites excluding steroid dienone is 1. The molecule has 0 fully saturated rings. The van der Waals surface area contributed by atoms with Crippen LogP contribution in [0.3, 0.4) is 0 Å². The zero-order valence-electron chi connectivity index (χ0n) is 11.0. The molecule has 1 aliphatic carbocycles. The van der Waals surface area contributed by atoms with Gasteiger partial charge in [-0.05, 0) is 24.8 Å². The summed E-state index contributed by atoms with van der Waals surface area (Å²) in [4.78, 5) is 13.5. The molecule has 2 amide bonds. The Morgan fingerprint density at radius 2 is 2.00 bits per heavy atom. The largest absolute Gasteiger partial charge is 0.331 e. The first-order valence-corrected chi connectivity index (χ1v) is 6.37. The minimum absolute atomic E-state index is 0.0506. The van der Waals surface area contributed by atoms with Crippen molar-refractivity contribution in [1.29, 1.82) is 0 Å². The quantitative estimate of drug-likeness (QED) is 0.797. The molecule has 0 heterocycles. The molecule has 96 valence electrons. The Morgan fingerprint density at radius 3 is 2.56 bits per heavy atom. The fourth-order valence-electron chi connectivity index (χ4n) is 2.32. The number of benzene rings is 1. The molecule has 3 nitrogen and oxygen atoms in total. The number of hydrogen-bond donors (Lipinski definition) is 1. The zero-order chi connectivity index (χ0) is 13.0. The minimum atomic E-state index is -0.346. The molecule has 0 aliphatic heterocycles. The molecule has 3 heteroatoms. The smallest absolute Gasteiger partial charge is 0.317 e. The van der Waals surface area contributed by atoms with Crippen molar-refractivity contribution in [2.24, 2.45) is 0 Å². The summed E-state index contributed by atoms with van der Waals surface area (Å²) in [6, 6.07) is 10.1. The number of amides is 2. The van der Waals surface area contributed by atoms with Crippen molar-refractivity contribution in [3.63, 3.8) is 0 Å². The van der Waals surface area contributed by atoms with Gasteiger partial charge in [0.1, 0.15) is 0 Å². The summed E-state index contributed by atoms with van der Waals surface area (Å²) in [5, 5.41) is 3.15. The third kappa shape index (κ3) is 2.55. The highest BCUT2D eigenvalue weighted by molar-refractivity contribution is 5.75. The van der Waals surface area contributed by atoms with Gasteiger partial charge in [0.05, 0.1) is 5.54 Å². The first-order chi connectivity index (χ1) is 8.64. The van der Waals surface area contributed by atoms with Crippen LogP contribution in [0.2, 0.25) is 0 Å². The van der Waals surface area contributed by atoms with E-state index in [-0.39, 0.29) is 11.6 Å². The lowest BCUT2D eigenvalue weighted by molar-refractivity contribution is 0.204. The Kier molecular flexibility index (Phi) is 3.70. The predicted octanol–water partition coefficient (Wildman–Crippen LogP) is 2.89. The Bertz CT molecular complexity index is 439. The molecule has 1 N–H and O–H groups in total. The maximum Gasteiger partial charge on any atom is 0.317 e. The van der Waals surface area contributed by atoms with Gasteiger partial charge in [-0.3, -0.25) is 0 Å². The van der Waals surface area contributed by atoms with Gasteiger partial charge < -0.3 is 10.2 Å². The van der Waals surface area contributed by atoms with Crippen molar-refractivity contribution >= 4 is 6.03 Å². The second-order valence-corrected chi connectivity index (χ2v) is 4.96. The van der Waals surface area contributed by atoms with Crippen LogP contribution in [0.25, 0.3) is 0 Å². The maximum atomic E-state index is 12.0. The summed E-state index contributed by atoms with van der Waals surface area (Å²) in [5.74, 6) is 0. The fraction of sp³-hybridized carbons (Fsp3) is 0.400. The van der Waals surface area contributed by atoms with Crippen LogP contribution < -0.4 is 5.32 Å². The number of nitrogens with zero attached hydrogens (tertiary/aromatic N) is 1. The first kappa shape index (κ1) is 12.7. The second-order valence-electron chi connectivity index (χ2n) is 4.96. The standard InChI is InChI=1S/C15H20N2O/c1-17(2)14(18)16-15(11-7-4-8-12-15)13-9-5-3-6-10-13/h3,5-7,9-11H,4,8,12H2,1-2H3,(H,16,18). The molecule has 0 radical (unpaired) electrons. The van der Waals surface area contributed by atoms with E-state index in [2.05, 4.69) is 29.6 Å². The van der Waals surface area contributed by atoms with Gasteiger partial charge in [0.2, 0.25) is 0 Å². The monoisotopic (exact) mass is 244 g/mol. The van der Waals surface area contributed by atoms with Crippen LogP contribution in [0.15, 0.2) is 42.5 Å². The summed E-state index contributed by atoms with van der Waals surface area (Å²) in [6.45, 7) is 0. The SMILES string of the molecule is CN(C)C(=O)NC1(c2ccccc2)C=CCCC1. The molecule has 1 aliphatic rings. The number of carbonyl (C=O) groups is 1. The van der Waals surface area contributed by atoms with Gasteiger partial charge in [-0.1, -0.05) is 42.5 Å². The van der Waals surface area contributed by atoms with Crippen LogP contribution >= 0.6 is 0 Å². The molecule has 0 bridgehead atoms. The van der Waals surface area contributed by atoms with Crippen molar-refractivity contribution in [2.45, 2.75) is 24.8 Å². The van der Waals surface area contributed by atoms with Crippen molar-refractivity contribution in [2.75, 3.05) is 14.1 Å². The van der Waals surface area contributed by atoms with E-state index in [1.54, 1.807) is 19.0 Å². The maximum absolute atomic E-state index is 12.0. The third-order valence-corrected chi connectivity index (χ3v) is 3.37. The minimum Gasteiger partial charge on any atom is -0.331 e. The van der Waals surface area contributed by atoms with Crippen molar-refractivity contribution in [3.8, 4) is 0 Å². The number of nitrogens with one attached hydrogen (secondary N) is 1. The van der Waals surface area contributed by atoms with Crippen LogP contribution in [0, 0.1) is 0 Å². The van der Waals surface area contributed by atoms with Gasteiger partial charge in [0.15, 0.2) is 0 Å². The summed E-state index contributed by atoms with van der Waals surface area (Å²) < 4.78 is 0. The summed E-state index contributed by atoms with van der Waals surface area (Å²) >= 11 is 0. The van der Waals surface area contributed by atoms with Crippen molar-refractivity contribution < 1.29 is 4.79 Å². The molecule has 1 atom stereocenters. The van der Waals surface area contributed by atoms with Crippen molar-refractivity contribution in [3.05, 3.63) is 48.0 Å². The highest BCUT2D eigenvalue weighted by Crippen LogP contribution is 2.32. The molecule has 0 spiro atoms. The van der Waals surface area contributed by atoms with Crippen LogP contribution in [0.1, 0.15) is 24.8 Å². The lowest BCUT2D eigenvalue weighted by Gasteiger charge is -2.35. The van der Waals surface area contributed by atoms with E-state index in [0.717, 1.165) is 24.8 Å². The van der Waals surface area contributed by atoms with Crippen LogP contribution in [0.5, 0.6) is 0 Å². The van der Waals surface area contributed by atoms with E-state index in [4.69, 9.17) is 0 Å². The highest BCUT2D eigenvalue weighted by atomic mass is 16.2. The third-order valence-electron chi connectivity index (χ3n) is 3.37. The molecule has 1 aromatic carbocycles. The Labute approximate surface area is 108 Å². The van der Waals surface area contributed by atoms with E-state index in [9.17, 15) is 4.79 Å². The van der Waals surface area contributed by atoms with E-state index in [1.165, 1.54) is 0 Å². The lowest BCUT2D eigenvalue weighted by Crippen LogP contribution is -2.49. The average molecular weight is 244 g/mol. The Balaban J connectivity index is 2.32. The number of hydrogen-bond acceptors (Lipinski definition) is 1. The summed E-state index contributed by atoms with van der Waals surface area (Å²) in [7, 11) is 3.53. The van der Waals surface area contributed by atoms with Crippen LogP contribution in [-0.4, -0.2) is 25.0 Å². The van der Waals surface area contributed by atoms with Gasteiger partial charge in [-0.25, -0.2) is 4.79 Å². The van der Waals surface area contributed by atoms with E-state index in [1.807, 2.05) is 18.2 Å². The first-order valence-electron chi connectivity index (χ1n) is 6.37. The number of urea groups is 1. The van der Waals surface area contributed by atoms with Gasteiger partial charge in [-0.2, -0.15) is 0 Å². The normalized spacial score (nSPS) is 22.6. The molecule has 0 saturated carbocycles. The molecule has 1 aromatic rings. The molecular weight excluding hydrogens is 224 g/mol. The van der Waals surface area contributed by atoms with Gasteiger partial charge in [0, 0.05) is 14.1 Å². The molecule has 1 unspecified atom stereocenters. The molecular formula is C15H20N2O. The van der Waals surface area contributed by atoms with E-state index < -0.39 is 0 Å². The second kappa shape index (κ2) is 5.25. The van der Waals surface area contributed by atoms with Crippen LogP contribution in [0.4, 0.5) is 4.79 Å². The van der Waals surface area contributed by atoms with Crippen LogP contribution in [-0.2, 0) is 5.54 Å². The van der Waals surface area contributed by atoms with Gasteiger partial charge in [-0.15, -0.1) is 0 Å². The molecule has 0 aromatic heterocycles. The Hall–Kier alpha value is -1.77. The molecule has 0 saturated heterocycles. The van der Waals surface area contributed by atoms with Gasteiger partial charge in [0.25, 0.3) is 0 Å². The van der Waals surface area contributed by atoms with E-state index >= 15 is 0 Å². The number of rotatable bonds is 2. The summed E-state index contributed by atoms with van der Waals surface area (Å²) in [5.41, 5.74) is 0.803. The Morgan fingerprint density at radius 1 is 1.28 bits per heavy atom. The zero-order valence-corrected chi connectivity index (χ0v) is 11.0. The fourth-order valence-corrected chi connectivity index (χ4v) is 2.32. The molecule has 18 heavy (non-hydrogen) atoms. The lowest BCUT2D eigenvalue weighted by atomic mass is 9.81. The number of carbonyl (C=O) groups excluding carboxylic acids is 1. The van der Waals surface area contributed by atoms with Gasteiger partial charge >= 0.3 is 6.03 Å². The topological polar surface area (TPSA) is 32.3 Å². The van der Waals surface area contributed by atoms with Crippen molar-refractivity contribution in [1.82, 2.24) is 10.2 Å². The summed E-state index contributed by atoms with van der Waals surface area (Å²) in [6.07, 6.45) is 7.43. The highest BCUT2D eigenvalue weighted by Gasteiger charge is 2.32. The average Bonchev–Trinajstić information content (AvgIpc) is 2.40. The predicted molar refractivity (Wildman–Crippen MR) is 73.3 cm³/mol. The van der Waals surface area contributed by atoms with E-state index in [0.29, 0.717) is 0 Å².